The molecule has 2 aliphatic rings. The number of aliphatic hydroxyl groups is 1. The minimum atomic E-state index is -0.714. The number of carbonyl (C=O) groups is 2. The summed E-state index contributed by atoms with van der Waals surface area (Å²) in [7, 11) is 0. The number of ketones is 1. The Labute approximate surface area is 225 Å². The number of benzene rings is 2. The first kappa shape index (κ1) is 27.7. The van der Waals surface area contributed by atoms with Gasteiger partial charge in [-0.2, -0.15) is 0 Å². The van der Waals surface area contributed by atoms with Crippen molar-refractivity contribution in [1.82, 2.24) is 4.90 Å². The zero-order valence-electron chi connectivity index (χ0n) is 22.5. The molecule has 2 saturated heterocycles. The Morgan fingerprint density at radius 2 is 1.55 bits per heavy atom. The zero-order valence-corrected chi connectivity index (χ0v) is 22.5. The third-order valence-electron chi connectivity index (χ3n) is 7.07. The van der Waals surface area contributed by atoms with Gasteiger partial charge in [0.15, 0.2) is 0 Å². The summed E-state index contributed by atoms with van der Waals surface area (Å²) >= 11 is 0. The van der Waals surface area contributed by atoms with Crippen molar-refractivity contribution >= 4 is 17.4 Å². The summed E-state index contributed by atoms with van der Waals surface area (Å²) in [6.45, 7) is 6.46. The molecule has 2 aromatic rings. The topological polar surface area (TPSA) is 85.3 Å². The zero-order chi connectivity index (χ0) is 26.9. The molecule has 4 rings (SSSR count). The molecule has 38 heavy (non-hydrogen) atoms. The Kier molecular flexibility index (Phi) is 9.82. The fraction of sp³-hybridized carbons (Fsp3) is 0.484. The number of aliphatic hydroxyl groups excluding tert-OH is 1. The number of hydrogen-bond acceptors (Lipinski definition) is 6. The van der Waals surface area contributed by atoms with E-state index in [4.69, 9.17) is 14.2 Å². The predicted molar refractivity (Wildman–Crippen MR) is 146 cm³/mol. The van der Waals surface area contributed by atoms with E-state index in [0.29, 0.717) is 37.7 Å². The molecule has 1 N–H and O–H groups in total. The normalized spacial score (nSPS) is 20.7. The second kappa shape index (κ2) is 13.5. The first-order valence-electron chi connectivity index (χ1n) is 13.9. The molecule has 2 aliphatic heterocycles. The van der Waals surface area contributed by atoms with Crippen molar-refractivity contribution in [1.29, 1.82) is 0 Å². The van der Waals surface area contributed by atoms with Gasteiger partial charge in [-0.1, -0.05) is 45.2 Å². The smallest absolute Gasteiger partial charge is 0.295 e. The van der Waals surface area contributed by atoms with Gasteiger partial charge >= 0.3 is 0 Å². The van der Waals surface area contributed by atoms with E-state index in [1.165, 1.54) is 0 Å². The van der Waals surface area contributed by atoms with E-state index in [9.17, 15) is 14.7 Å². The summed E-state index contributed by atoms with van der Waals surface area (Å²) in [4.78, 5) is 28.1. The first-order chi connectivity index (χ1) is 18.5. The van der Waals surface area contributed by atoms with E-state index in [-0.39, 0.29) is 17.4 Å². The number of carbonyl (C=O) groups excluding carboxylic acids is 2. The highest BCUT2D eigenvalue weighted by molar-refractivity contribution is 6.46. The van der Waals surface area contributed by atoms with E-state index < -0.39 is 17.7 Å². The van der Waals surface area contributed by atoms with Gasteiger partial charge in [0.1, 0.15) is 17.3 Å². The molecule has 7 nitrogen and oxygen atoms in total. The molecule has 2 aromatic carbocycles. The molecule has 0 unspecified atom stereocenters. The van der Waals surface area contributed by atoms with Gasteiger partial charge < -0.3 is 24.2 Å². The molecule has 0 spiro atoms. The van der Waals surface area contributed by atoms with Crippen molar-refractivity contribution in [3.63, 3.8) is 0 Å². The van der Waals surface area contributed by atoms with E-state index in [0.717, 1.165) is 56.3 Å². The number of unbranched alkanes of at least 4 members (excludes halogenated alkanes) is 3. The van der Waals surface area contributed by atoms with Gasteiger partial charge in [-0.25, -0.2) is 0 Å². The Hall–Kier alpha value is -3.32. The Morgan fingerprint density at radius 1 is 0.921 bits per heavy atom. The lowest BCUT2D eigenvalue weighted by Gasteiger charge is -2.27. The predicted octanol–water partition coefficient (Wildman–Crippen LogP) is 6.04. The fourth-order valence-corrected chi connectivity index (χ4v) is 4.91. The Bertz CT molecular complexity index is 1100. The highest BCUT2D eigenvalue weighted by Crippen LogP contribution is 2.40. The van der Waals surface area contributed by atoms with Crippen LogP contribution in [0.2, 0.25) is 0 Å². The largest absolute Gasteiger partial charge is 0.507 e. The number of nitrogens with zero attached hydrogens (tertiary/aromatic N) is 1. The Morgan fingerprint density at radius 3 is 2.16 bits per heavy atom. The maximum atomic E-state index is 13.3. The van der Waals surface area contributed by atoms with Crippen LogP contribution in [-0.4, -0.2) is 54.2 Å². The second-order valence-corrected chi connectivity index (χ2v) is 9.94. The van der Waals surface area contributed by atoms with E-state index in [1.54, 1.807) is 29.2 Å². The van der Waals surface area contributed by atoms with Gasteiger partial charge in [-0.15, -0.1) is 0 Å². The quantitative estimate of drug-likeness (QED) is 0.150. The SMILES string of the molecule is CCCCCOc1ccc([C@@H]2C(=C(O)c3ccc(OCCCC)cc3)C(=O)C(=O)N2C[C@@H]2CCCO2)cc1. The number of likely N-dealkylation sites (tertiary alicyclic amines) is 1. The minimum Gasteiger partial charge on any atom is -0.507 e. The molecule has 2 heterocycles. The molecule has 2 atom stereocenters. The van der Waals surface area contributed by atoms with Crippen LogP contribution in [0, 0.1) is 0 Å². The summed E-state index contributed by atoms with van der Waals surface area (Å²) in [6.07, 6.45) is 6.85. The van der Waals surface area contributed by atoms with Crippen molar-refractivity contribution in [3.8, 4) is 11.5 Å². The van der Waals surface area contributed by atoms with Crippen molar-refractivity contribution in [3.05, 3.63) is 65.2 Å². The van der Waals surface area contributed by atoms with Gasteiger partial charge in [-0.05, 0) is 67.6 Å². The number of ether oxygens (including phenoxy) is 3. The average molecular weight is 522 g/mol. The van der Waals surface area contributed by atoms with Gasteiger partial charge in [0, 0.05) is 18.7 Å². The van der Waals surface area contributed by atoms with E-state index >= 15 is 0 Å². The van der Waals surface area contributed by atoms with Gasteiger partial charge in [-0.3, -0.25) is 9.59 Å². The van der Waals surface area contributed by atoms with Gasteiger partial charge in [0.05, 0.1) is 30.9 Å². The van der Waals surface area contributed by atoms with Crippen LogP contribution in [0.4, 0.5) is 0 Å². The third-order valence-corrected chi connectivity index (χ3v) is 7.07. The van der Waals surface area contributed by atoms with Crippen LogP contribution < -0.4 is 9.47 Å². The highest BCUT2D eigenvalue weighted by Gasteiger charge is 2.47. The van der Waals surface area contributed by atoms with Crippen molar-refractivity contribution in [2.24, 2.45) is 0 Å². The summed E-state index contributed by atoms with van der Waals surface area (Å²) in [5, 5.41) is 11.3. The molecule has 0 bridgehead atoms. The second-order valence-electron chi connectivity index (χ2n) is 9.94. The maximum Gasteiger partial charge on any atom is 0.295 e. The maximum absolute atomic E-state index is 13.3. The van der Waals surface area contributed by atoms with Gasteiger partial charge in [0.2, 0.25) is 0 Å². The fourth-order valence-electron chi connectivity index (χ4n) is 4.91. The minimum absolute atomic E-state index is 0.0873. The van der Waals surface area contributed by atoms with E-state index in [2.05, 4.69) is 13.8 Å². The molecule has 2 fully saturated rings. The lowest BCUT2D eigenvalue weighted by molar-refractivity contribution is -0.140. The van der Waals surface area contributed by atoms with Gasteiger partial charge in [0.25, 0.3) is 11.7 Å². The van der Waals surface area contributed by atoms with E-state index in [1.807, 2.05) is 24.3 Å². The number of hydrogen-bond donors (Lipinski definition) is 1. The molecule has 204 valence electrons. The average Bonchev–Trinajstić information content (AvgIpc) is 3.54. The van der Waals surface area contributed by atoms with Crippen LogP contribution in [0.15, 0.2) is 54.1 Å². The molecule has 0 aliphatic carbocycles. The molecule has 7 heteroatoms. The summed E-state index contributed by atoms with van der Waals surface area (Å²) in [5.41, 5.74) is 1.29. The number of rotatable bonds is 13. The number of Topliss-reactive ketones (excluding diaryl/α,β-unsaturated/α-hetero) is 1. The van der Waals surface area contributed by atoms with Crippen LogP contribution in [0.25, 0.3) is 5.76 Å². The van der Waals surface area contributed by atoms with Crippen molar-refractivity contribution < 1.29 is 28.9 Å². The molecule has 1 amide bonds. The monoisotopic (exact) mass is 521 g/mol. The first-order valence-corrected chi connectivity index (χ1v) is 13.9. The molecule has 0 radical (unpaired) electrons. The molecule has 0 aromatic heterocycles. The lowest BCUT2D eigenvalue weighted by Crippen LogP contribution is -2.36. The lowest BCUT2D eigenvalue weighted by atomic mass is 9.95. The number of amides is 1. The third kappa shape index (κ3) is 6.57. The summed E-state index contributed by atoms with van der Waals surface area (Å²) in [5.74, 6) is -0.0668. The standard InChI is InChI=1S/C31H39NO6/c1-3-5-7-19-37-24-14-10-22(11-15-24)28-27(30(34)31(35)32(28)21-26-9-8-20-38-26)29(33)23-12-16-25(17-13-23)36-18-6-4-2/h10-17,26,28,33H,3-9,18-21H2,1-2H3/t26-,28+/m0/s1. The molecule has 0 saturated carbocycles. The molecular formula is C31H39NO6. The van der Waals surface area contributed by atoms with Crippen LogP contribution in [0.1, 0.15) is 76.0 Å². The van der Waals surface area contributed by atoms with Crippen molar-refractivity contribution in [2.75, 3.05) is 26.4 Å². The summed E-state index contributed by atoms with van der Waals surface area (Å²) < 4.78 is 17.4. The van der Waals surface area contributed by atoms with Crippen LogP contribution in [-0.2, 0) is 14.3 Å². The van der Waals surface area contributed by atoms with Crippen molar-refractivity contribution in [2.45, 2.75) is 70.9 Å². The van der Waals surface area contributed by atoms with Crippen LogP contribution in [0.3, 0.4) is 0 Å². The summed E-state index contributed by atoms with van der Waals surface area (Å²) in [6, 6.07) is 13.7. The van der Waals surface area contributed by atoms with Crippen LogP contribution >= 0.6 is 0 Å². The highest BCUT2D eigenvalue weighted by atomic mass is 16.5. The van der Waals surface area contributed by atoms with Crippen LogP contribution in [0.5, 0.6) is 11.5 Å². The Balaban J connectivity index is 1.63. The molecular weight excluding hydrogens is 482 g/mol.